The summed E-state index contributed by atoms with van der Waals surface area (Å²) in [5, 5.41) is 5.69. The highest BCUT2D eigenvalue weighted by Gasteiger charge is 2.35. The summed E-state index contributed by atoms with van der Waals surface area (Å²) in [4.78, 5) is 29.0. The maximum absolute atomic E-state index is 13.9. The Morgan fingerprint density at radius 1 is 0.939 bits per heavy atom. The highest BCUT2D eigenvalue weighted by atomic mass is 16.2. The summed E-state index contributed by atoms with van der Waals surface area (Å²) in [5.41, 5.74) is 3.12. The van der Waals surface area contributed by atoms with Crippen LogP contribution in [0.1, 0.15) is 54.2 Å². The highest BCUT2D eigenvalue weighted by molar-refractivity contribution is 6.05. The third kappa shape index (κ3) is 4.19. The fourth-order valence-corrected chi connectivity index (χ4v) is 4.19. The van der Waals surface area contributed by atoms with E-state index < -0.39 is 0 Å². The molecular formula is C28H27N3O2. The fourth-order valence-electron chi connectivity index (χ4n) is 4.19. The van der Waals surface area contributed by atoms with Crippen LogP contribution in [-0.4, -0.2) is 26.6 Å². The zero-order valence-corrected chi connectivity index (χ0v) is 18.9. The highest BCUT2D eigenvalue weighted by Crippen LogP contribution is 2.31. The molecule has 3 aromatic carbocycles. The van der Waals surface area contributed by atoms with Crippen LogP contribution in [0.2, 0.25) is 0 Å². The normalized spacial score (nSPS) is 13.4. The minimum absolute atomic E-state index is 0.133. The van der Waals surface area contributed by atoms with E-state index in [4.69, 9.17) is 0 Å². The molecule has 0 radical (unpaired) electrons. The molecule has 0 atom stereocenters. The third-order valence-corrected chi connectivity index (χ3v) is 6.26. The van der Waals surface area contributed by atoms with Crippen molar-refractivity contribution in [3.63, 3.8) is 0 Å². The zero-order chi connectivity index (χ0) is 22.9. The molecule has 33 heavy (non-hydrogen) atoms. The van der Waals surface area contributed by atoms with Crippen molar-refractivity contribution in [1.29, 1.82) is 0 Å². The molecule has 0 bridgehead atoms. The van der Waals surface area contributed by atoms with E-state index in [-0.39, 0.29) is 17.5 Å². The Balaban J connectivity index is 1.57. The number of hydrogen-bond acceptors (Lipinski definition) is 3. The first-order chi connectivity index (χ1) is 16.0. The van der Waals surface area contributed by atoms with E-state index in [0.717, 1.165) is 18.4 Å². The number of carbonyl (C=O) groups excluding carboxylic acids is 1. The molecule has 5 heteroatoms. The lowest BCUT2D eigenvalue weighted by Crippen LogP contribution is -2.35. The number of amides is 1. The number of fused-ring (bicyclic) bond motifs is 1. The van der Waals surface area contributed by atoms with Crippen molar-refractivity contribution >= 4 is 16.7 Å². The number of benzene rings is 3. The van der Waals surface area contributed by atoms with Crippen LogP contribution in [0.5, 0.6) is 0 Å². The standard InChI is InChI=1S/C28H27N3O2/c1-19(2)21-14-12-20(13-15-21)18-30(22-16-17-22)28(33)26-24-10-6-7-11-25(24)27(32)31(29-26)23-8-4-3-5-9-23/h3-15,19,22H,16-18H2,1-2H3. The average molecular weight is 438 g/mol. The van der Waals surface area contributed by atoms with Gasteiger partial charge in [0, 0.05) is 18.0 Å². The van der Waals surface area contributed by atoms with Crippen LogP contribution in [0.4, 0.5) is 0 Å². The van der Waals surface area contributed by atoms with Gasteiger partial charge in [-0.25, -0.2) is 0 Å². The van der Waals surface area contributed by atoms with Crippen LogP contribution in [0.25, 0.3) is 16.5 Å². The van der Waals surface area contributed by atoms with E-state index in [1.165, 1.54) is 10.2 Å². The molecule has 5 rings (SSSR count). The monoisotopic (exact) mass is 437 g/mol. The molecule has 1 aliphatic rings. The van der Waals surface area contributed by atoms with Crippen LogP contribution >= 0.6 is 0 Å². The van der Waals surface area contributed by atoms with Crippen LogP contribution in [-0.2, 0) is 6.54 Å². The molecule has 5 nitrogen and oxygen atoms in total. The summed E-state index contributed by atoms with van der Waals surface area (Å²) in [5.74, 6) is 0.334. The van der Waals surface area contributed by atoms with Gasteiger partial charge in [-0.2, -0.15) is 9.78 Å². The summed E-state index contributed by atoms with van der Waals surface area (Å²) in [6.07, 6.45) is 1.98. The lowest BCUT2D eigenvalue weighted by atomic mass is 10.0. The fraction of sp³-hybridized carbons (Fsp3) is 0.250. The maximum atomic E-state index is 13.9. The molecule has 0 N–H and O–H groups in total. The Morgan fingerprint density at radius 2 is 1.58 bits per heavy atom. The smallest absolute Gasteiger partial charge is 0.279 e. The molecule has 166 valence electrons. The number of hydrogen-bond donors (Lipinski definition) is 0. The van der Waals surface area contributed by atoms with Gasteiger partial charge in [0.05, 0.1) is 11.1 Å². The molecule has 1 aromatic heterocycles. The second kappa shape index (κ2) is 8.66. The van der Waals surface area contributed by atoms with Gasteiger partial charge in [-0.1, -0.05) is 74.5 Å². The number of carbonyl (C=O) groups is 1. The first-order valence-corrected chi connectivity index (χ1v) is 11.5. The second-order valence-corrected chi connectivity index (χ2v) is 9.01. The summed E-state index contributed by atoms with van der Waals surface area (Å²) in [6, 6.07) is 25.2. The summed E-state index contributed by atoms with van der Waals surface area (Å²) < 4.78 is 1.35. The predicted molar refractivity (Wildman–Crippen MR) is 131 cm³/mol. The molecule has 1 fully saturated rings. The molecule has 0 unspecified atom stereocenters. The van der Waals surface area contributed by atoms with E-state index in [1.807, 2.05) is 53.4 Å². The van der Waals surface area contributed by atoms with Crippen molar-refractivity contribution in [2.75, 3.05) is 0 Å². The van der Waals surface area contributed by atoms with Gasteiger partial charge >= 0.3 is 0 Å². The van der Waals surface area contributed by atoms with E-state index >= 15 is 0 Å². The first-order valence-electron chi connectivity index (χ1n) is 11.5. The van der Waals surface area contributed by atoms with Gasteiger partial charge < -0.3 is 4.90 Å². The Hall–Kier alpha value is -3.73. The SMILES string of the molecule is CC(C)c1ccc(CN(C(=O)c2nn(-c3ccccc3)c(=O)c3ccccc23)C2CC2)cc1. The number of para-hydroxylation sites is 1. The van der Waals surface area contributed by atoms with E-state index in [0.29, 0.717) is 34.6 Å². The van der Waals surface area contributed by atoms with Crippen LogP contribution in [0, 0.1) is 0 Å². The van der Waals surface area contributed by atoms with Gasteiger partial charge in [0.15, 0.2) is 5.69 Å². The van der Waals surface area contributed by atoms with Crippen molar-refractivity contribution in [2.45, 2.75) is 45.2 Å². The van der Waals surface area contributed by atoms with Crippen molar-refractivity contribution in [2.24, 2.45) is 0 Å². The van der Waals surface area contributed by atoms with Crippen molar-refractivity contribution in [3.8, 4) is 5.69 Å². The molecule has 1 saturated carbocycles. The quantitative estimate of drug-likeness (QED) is 0.411. The van der Waals surface area contributed by atoms with Gasteiger partial charge in [0.25, 0.3) is 11.5 Å². The Kier molecular flexibility index (Phi) is 5.55. The molecule has 0 aliphatic heterocycles. The van der Waals surface area contributed by atoms with Crippen molar-refractivity contribution < 1.29 is 4.79 Å². The molecule has 0 saturated heterocycles. The van der Waals surface area contributed by atoms with Gasteiger partial charge in [0.2, 0.25) is 0 Å². The van der Waals surface area contributed by atoms with Gasteiger partial charge in [-0.05, 0) is 48.1 Å². The predicted octanol–water partition coefficient (Wildman–Crippen LogP) is 5.31. The Bertz CT molecular complexity index is 1350. The Labute approximate surface area is 193 Å². The van der Waals surface area contributed by atoms with E-state index in [2.05, 4.69) is 43.2 Å². The molecule has 4 aromatic rings. The lowest BCUT2D eigenvalue weighted by Gasteiger charge is -2.23. The molecular weight excluding hydrogens is 410 g/mol. The van der Waals surface area contributed by atoms with E-state index in [1.54, 1.807) is 6.07 Å². The van der Waals surface area contributed by atoms with Crippen LogP contribution < -0.4 is 5.56 Å². The Morgan fingerprint density at radius 3 is 2.21 bits per heavy atom. The third-order valence-electron chi connectivity index (χ3n) is 6.26. The zero-order valence-electron chi connectivity index (χ0n) is 18.9. The molecule has 1 heterocycles. The number of rotatable bonds is 6. The lowest BCUT2D eigenvalue weighted by molar-refractivity contribution is 0.0724. The second-order valence-electron chi connectivity index (χ2n) is 9.01. The average Bonchev–Trinajstić information content (AvgIpc) is 3.69. The summed E-state index contributed by atoms with van der Waals surface area (Å²) in [6.45, 7) is 4.88. The molecule has 1 aliphatic carbocycles. The summed E-state index contributed by atoms with van der Waals surface area (Å²) >= 11 is 0. The van der Waals surface area contributed by atoms with Gasteiger partial charge in [-0.15, -0.1) is 0 Å². The molecule has 0 spiro atoms. The minimum atomic E-state index is -0.226. The van der Waals surface area contributed by atoms with Gasteiger partial charge in [0.1, 0.15) is 0 Å². The topological polar surface area (TPSA) is 55.2 Å². The van der Waals surface area contributed by atoms with Crippen molar-refractivity contribution in [1.82, 2.24) is 14.7 Å². The first kappa shape index (κ1) is 21.1. The van der Waals surface area contributed by atoms with Crippen LogP contribution in [0.15, 0.2) is 83.7 Å². The minimum Gasteiger partial charge on any atom is -0.330 e. The van der Waals surface area contributed by atoms with Crippen LogP contribution in [0.3, 0.4) is 0 Å². The molecule has 1 amide bonds. The number of nitrogens with zero attached hydrogens (tertiary/aromatic N) is 3. The summed E-state index contributed by atoms with van der Waals surface area (Å²) in [7, 11) is 0. The van der Waals surface area contributed by atoms with E-state index in [9.17, 15) is 9.59 Å². The number of aromatic nitrogens is 2. The van der Waals surface area contributed by atoms with Gasteiger partial charge in [-0.3, -0.25) is 9.59 Å². The van der Waals surface area contributed by atoms with Crippen molar-refractivity contribution in [3.05, 3.63) is 106 Å². The maximum Gasteiger partial charge on any atom is 0.279 e. The largest absolute Gasteiger partial charge is 0.330 e.